The molecule has 1 unspecified atom stereocenters. The molecule has 1 heterocycles. The number of amides is 1. The first-order valence-electron chi connectivity index (χ1n) is 8.52. The van der Waals surface area contributed by atoms with Gasteiger partial charge in [-0.05, 0) is 48.4 Å². The standard InChI is InChI=1S/C20H20FN3O3/c1-12(2)17(22-19(25)14-5-4-6-15(21)11-14)20-23-18(24-27-20)13-7-9-16(26-3)10-8-13/h4-12,17H,1-3H3,(H,22,25). The third-order valence-electron chi connectivity index (χ3n) is 4.10. The van der Waals surface area contributed by atoms with Crippen LogP contribution in [0.1, 0.15) is 36.1 Å². The number of hydrogen-bond donors (Lipinski definition) is 1. The van der Waals surface area contributed by atoms with Crippen LogP contribution in [0.4, 0.5) is 4.39 Å². The number of methoxy groups -OCH3 is 1. The van der Waals surface area contributed by atoms with E-state index in [-0.39, 0.29) is 11.5 Å². The van der Waals surface area contributed by atoms with Crippen molar-refractivity contribution in [3.8, 4) is 17.1 Å². The zero-order valence-corrected chi connectivity index (χ0v) is 15.3. The molecule has 3 aromatic rings. The van der Waals surface area contributed by atoms with Crippen molar-refractivity contribution < 1.29 is 18.4 Å². The van der Waals surface area contributed by atoms with Gasteiger partial charge in [0.05, 0.1) is 7.11 Å². The molecule has 0 radical (unpaired) electrons. The fourth-order valence-corrected chi connectivity index (χ4v) is 2.59. The lowest BCUT2D eigenvalue weighted by Gasteiger charge is -2.18. The molecule has 0 saturated carbocycles. The Balaban J connectivity index is 1.81. The Morgan fingerprint density at radius 2 is 1.93 bits per heavy atom. The molecule has 0 aliphatic carbocycles. The summed E-state index contributed by atoms with van der Waals surface area (Å²) in [7, 11) is 1.59. The molecular weight excluding hydrogens is 349 g/mol. The van der Waals surface area contributed by atoms with Crippen LogP contribution in [-0.4, -0.2) is 23.2 Å². The Kier molecular flexibility index (Phi) is 5.49. The molecule has 140 valence electrons. The molecule has 7 heteroatoms. The van der Waals surface area contributed by atoms with E-state index in [1.165, 1.54) is 18.2 Å². The lowest BCUT2D eigenvalue weighted by Crippen LogP contribution is -2.32. The van der Waals surface area contributed by atoms with Crippen molar-refractivity contribution in [2.75, 3.05) is 7.11 Å². The minimum atomic E-state index is -0.500. The number of benzene rings is 2. The van der Waals surface area contributed by atoms with E-state index in [4.69, 9.17) is 9.26 Å². The normalized spacial score (nSPS) is 12.0. The van der Waals surface area contributed by atoms with Crippen molar-refractivity contribution in [2.45, 2.75) is 19.9 Å². The summed E-state index contributed by atoms with van der Waals surface area (Å²) in [6.45, 7) is 3.85. The van der Waals surface area contributed by atoms with Crippen LogP contribution in [0.2, 0.25) is 0 Å². The molecule has 1 atom stereocenters. The van der Waals surface area contributed by atoms with Gasteiger partial charge >= 0.3 is 0 Å². The van der Waals surface area contributed by atoms with Crippen molar-refractivity contribution >= 4 is 5.91 Å². The molecule has 27 heavy (non-hydrogen) atoms. The number of halogens is 1. The fraction of sp³-hybridized carbons (Fsp3) is 0.250. The average Bonchev–Trinajstić information content (AvgIpc) is 3.15. The van der Waals surface area contributed by atoms with Crippen LogP contribution in [0, 0.1) is 11.7 Å². The molecule has 0 aliphatic heterocycles. The van der Waals surface area contributed by atoms with Gasteiger partial charge in [-0.25, -0.2) is 4.39 Å². The average molecular weight is 369 g/mol. The number of carbonyl (C=O) groups excluding carboxylic acids is 1. The number of hydrogen-bond acceptors (Lipinski definition) is 5. The molecule has 0 aliphatic rings. The number of nitrogens with zero attached hydrogens (tertiary/aromatic N) is 2. The topological polar surface area (TPSA) is 77.3 Å². The van der Waals surface area contributed by atoms with Crippen LogP contribution < -0.4 is 10.1 Å². The SMILES string of the molecule is COc1ccc(-c2noc(C(NC(=O)c3cccc(F)c3)C(C)C)n2)cc1. The fourth-order valence-electron chi connectivity index (χ4n) is 2.59. The third-order valence-corrected chi connectivity index (χ3v) is 4.10. The van der Waals surface area contributed by atoms with E-state index >= 15 is 0 Å². The van der Waals surface area contributed by atoms with E-state index in [9.17, 15) is 9.18 Å². The summed E-state index contributed by atoms with van der Waals surface area (Å²) < 4.78 is 23.9. The van der Waals surface area contributed by atoms with Crippen molar-refractivity contribution in [1.29, 1.82) is 0 Å². The zero-order valence-electron chi connectivity index (χ0n) is 15.3. The van der Waals surface area contributed by atoms with Crippen molar-refractivity contribution in [3.05, 3.63) is 65.8 Å². The molecule has 3 rings (SSSR count). The Morgan fingerprint density at radius 1 is 1.19 bits per heavy atom. The number of nitrogens with one attached hydrogen (secondary N) is 1. The molecule has 0 spiro atoms. The first-order chi connectivity index (χ1) is 13.0. The summed E-state index contributed by atoms with van der Waals surface area (Å²) in [6, 6.07) is 12.3. The van der Waals surface area contributed by atoms with E-state index in [1.807, 2.05) is 26.0 Å². The molecule has 1 N–H and O–H groups in total. The third kappa shape index (κ3) is 4.31. The highest BCUT2D eigenvalue weighted by Gasteiger charge is 2.25. The van der Waals surface area contributed by atoms with Gasteiger partial charge in [0.2, 0.25) is 11.7 Å². The van der Waals surface area contributed by atoms with Gasteiger partial charge in [-0.1, -0.05) is 25.1 Å². The summed E-state index contributed by atoms with van der Waals surface area (Å²) in [5.41, 5.74) is 1.00. The molecule has 0 fully saturated rings. The Bertz CT molecular complexity index is 922. The molecule has 0 saturated heterocycles. The van der Waals surface area contributed by atoms with E-state index < -0.39 is 17.8 Å². The van der Waals surface area contributed by atoms with Crippen molar-refractivity contribution in [2.24, 2.45) is 5.92 Å². The monoisotopic (exact) mass is 369 g/mol. The number of rotatable bonds is 6. The van der Waals surface area contributed by atoms with Crippen molar-refractivity contribution in [1.82, 2.24) is 15.5 Å². The van der Waals surface area contributed by atoms with Crippen LogP contribution in [0.25, 0.3) is 11.4 Å². The summed E-state index contributed by atoms with van der Waals surface area (Å²) in [5.74, 6) is 0.552. The lowest BCUT2D eigenvalue weighted by molar-refractivity contribution is 0.0913. The molecule has 1 amide bonds. The van der Waals surface area contributed by atoms with Crippen LogP contribution >= 0.6 is 0 Å². The van der Waals surface area contributed by atoms with Gasteiger partial charge in [0, 0.05) is 11.1 Å². The maximum Gasteiger partial charge on any atom is 0.252 e. The number of aromatic nitrogens is 2. The van der Waals surface area contributed by atoms with Gasteiger partial charge in [-0.2, -0.15) is 4.98 Å². The van der Waals surface area contributed by atoms with Crippen LogP contribution in [-0.2, 0) is 0 Å². The largest absolute Gasteiger partial charge is 0.497 e. The molecule has 1 aromatic heterocycles. The van der Waals surface area contributed by atoms with Gasteiger partial charge in [0.1, 0.15) is 17.6 Å². The van der Waals surface area contributed by atoms with E-state index in [2.05, 4.69) is 15.5 Å². The smallest absolute Gasteiger partial charge is 0.252 e. The predicted molar refractivity (Wildman–Crippen MR) is 97.7 cm³/mol. The van der Waals surface area contributed by atoms with Crippen LogP contribution in [0.5, 0.6) is 5.75 Å². The minimum absolute atomic E-state index is 0.00771. The molecule has 0 bridgehead atoms. The number of ether oxygens (including phenoxy) is 1. The highest BCUT2D eigenvalue weighted by atomic mass is 19.1. The summed E-state index contributed by atoms with van der Waals surface area (Å²) in [5, 5.41) is 6.84. The van der Waals surface area contributed by atoms with Gasteiger partial charge in [0.25, 0.3) is 5.91 Å². The Hall–Kier alpha value is -3.22. The summed E-state index contributed by atoms with van der Waals surface area (Å²) >= 11 is 0. The summed E-state index contributed by atoms with van der Waals surface area (Å²) in [6.07, 6.45) is 0. The minimum Gasteiger partial charge on any atom is -0.497 e. The van der Waals surface area contributed by atoms with Gasteiger partial charge in [-0.15, -0.1) is 0 Å². The predicted octanol–water partition coefficient (Wildman–Crippen LogP) is 4.01. The highest BCUT2D eigenvalue weighted by Crippen LogP contribution is 2.25. The Morgan fingerprint density at radius 3 is 2.56 bits per heavy atom. The van der Waals surface area contributed by atoms with E-state index in [1.54, 1.807) is 25.3 Å². The van der Waals surface area contributed by atoms with Gasteiger partial charge < -0.3 is 14.6 Å². The zero-order chi connectivity index (χ0) is 19.4. The van der Waals surface area contributed by atoms with Gasteiger partial charge in [0.15, 0.2) is 0 Å². The summed E-state index contributed by atoms with van der Waals surface area (Å²) in [4.78, 5) is 16.9. The van der Waals surface area contributed by atoms with Gasteiger partial charge in [-0.3, -0.25) is 4.79 Å². The lowest BCUT2D eigenvalue weighted by atomic mass is 10.0. The first kappa shape index (κ1) is 18.6. The van der Waals surface area contributed by atoms with E-state index in [0.717, 1.165) is 11.3 Å². The second kappa shape index (κ2) is 7.99. The maximum absolute atomic E-state index is 13.4. The number of carbonyl (C=O) groups is 1. The van der Waals surface area contributed by atoms with Crippen molar-refractivity contribution in [3.63, 3.8) is 0 Å². The maximum atomic E-state index is 13.4. The van der Waals surface area contributed by atoms with Crippen LogP contribution in [0.15, 0.2) is 53.1 Å². The van der Waals surface area contributed by atoms with E-state index in [0.29, 0.717) is 11.7 Å². The quantitative estimate of drug-likeness (QED) is 0.710. The van der Waals surface area contributed by atoms with Crippen LogP contribution in [0.3, 0.4) is 0 Å². The Labute approximate surface area is 156 Å². The highest BCUT2D eigenvalue weighted by molar-refractivity contribution is 5.94. The molecule has 6 nitrogen and oxygen atoms in total. The second-order valence-electron chi connectivity index (χ2n) is 6.39. The molecule has 2 aromatic carbocycles. The second-order valence-corrected chi connectivity index (χ2v) is 6.39. The molecular formula is C20H20FN3O3. The first-order valence-corrected chi connectivity index (χ1v) is 8.52.